The molecule has 0 bridgehead atoms. The van der Waals surface area contributed by atoms with E-state index < -0.39 is 0 Å². The fourth-order valence-corrected chi connectivity index (χ4v) is 3.30. The molecule has 1 aliphatic heterocycles. The maximum absolute atomic E-state index is 11.4. The van der Waals surface area contributed by atoms with Crippen LogP contribution in [-0.2, 0) is 6.42 Å². The van der Waals surface area contributed by atoms with Crippen molar-refractivity contribution in [1.82, 2.24) is 9.97 Å². The van der Waals surface area contributed by atoms with E-state index in [9.17, 15) is 4.79 Å². The molecule has 1 fully saturated rings. The van der Waals surface area contributed by atoms with Gasteiger partial charge in [0.25, 0.3) is 0 Å². The average molecular weight is 339 g/mol. The zero-order valence-corrected chi connectivity index (χ0v) is 15.1. The second-order valence-electron chi connectivity index (χ2n) is 6.41. The van der Waals surface area contributed by atoms with Gasteiger partial charge in [0.2, 0.25) is 5.95 Å². The Kier molecular flexibility index (Phi) is 4.88. The summed E-state index contributed by atoms with van der Waals surface area (Å²) in [5.41, 5.74) is 9.92. The molecule has 2 heterocycles. The van der Waals surface area contributed by atoms with Gasteiger partial charge in [-0.15, -0.1) is 0 Å². The molecule has 0 unspecified atom stereocenters. The summed E-state index contributed by atoms with van der Waals surface area (Å²) in [6.07, 6.45) is 0.855. The number of aromatic nitrogens is 2. The van der Waals surface area contributed by atoms with E-state index >= 15 is 0 Å². The van der Waals surface area contributed by atoms with Crippen LogP contribution in [0.2, 0.25) is 0 Å². The van der Waals surface area contributed by atoms with Gasteiger partial charge in [-0.3, -0.25) is 4.79 Å². The van der Waals surface area contributed by atoms with Gasteiger partial charge in [0.1, 0.15) is 5.82 Å². The monoisotopic (exact) mass is 339 g/mol. The third-order valence-corrected chi connectivity index (χ3v) is 4.79. The Bertz CT molecular complexity index is 764. The number of Topliss-reactive ketones (excluding diaryl/α,β-unsaturated/α-hetero) is 1. The average Bonchev–Trinajstić information content (AvgIpc) is 2.63. The molecule has 132 valence electrons. The minimum Gasteiger partial charge on any atom is -0.368 e. The van der Waals surface area contributed by atoms with Gasteiger partial charge in [0.15, 0.2) is 5.78 Å². The highest BCUT2D eigenvalue weighted by molar-refractivity contribution is 5.94. The Balaban J connectivity index is 1.72. The van der Waals surface area contributed by atoms with Crippen molar-refractivity contribution in [2.45, 2.75) is 27.2 Å². The minimum absolute atomic E-state index is 0.0972. The highest BCUT2D eigenvalue weighted by Crippen LogP contribution is 2.24. The van der Waals surface area contributed by atoms with Crippen LogP contribution in [0.5, 0.6) is 0 Å². The van der Waals surface area contributed by atoms with Crippen LogP contribution in [0.25, 0.3) is 0 Å². The van der Waals surface area contributed by atoms with E-state index in [1.807, 2.05) is 24.3 Å². The molecule has 1 aromatic carbocycles. The molecule has 0 radical (unpaired) electrons. The lowest BCUT2D eigenvalue weighted by Crippen LogP contribution is -2.47. The van der Waals surface area contributed by atoms with Crippen LogP contribution in [-0.4, -0.2) is 41.9 Å². The van der Waals surface area contributed by atoms with Crippen molar-refractivity contribution in [3.63, 3.8) is 0 Å². The molecule has 1 aliphatic rings. The van der Waals surface area contributed by atoms with Crippen LogP contribution in [0.4, 0.5) is 17.5 Å². The van der Waals surface area contributed by atoms with Crippen molar-refractivity contribution in [2.24, 2.45) is 0 Å². The van der Waals surface area contributed by atoms with Gasteiger partial charge < -0.3 is 15.5 Å². The van der Waals surface area contributed by atoms with Crippen molar-refractivity contribution in [1.29, 1.82) is 0 Å². The second-order valence-corrected chi connectivity index (χ2v) is 6.41. The molecule has 0 aliphatic carbocycles. The zero-order chi connectivity index (χ0) is 18.0. The van der Waals surface area contributed by atoms with E-state index in [4.69, 9.17) is 5.73 Å². The Morgan fingerprint density at radius 2 is 1.68 bits per heavy atom. The fraction of sp³-hybridized carbons (Fsp3) is 0.421. The van der Waals surface area contributed by atoms with E-state index in [-0.39, 0.29) is 5.78 Å². The predicted octanol–water partition coefficient (Wildman–Crippen LogP) is 2.46. The quantitative estimate of drug-likeness (QED) is 0.863. The second kappa shape index (κ2) is 7.09. The Hall–Kier alpha value is -2.63. The SMILES string of the molecule is CCc1nc(N)nc(N2CCN(c3ccc(C(C)=O)cc3)CC2)c1C. The zero-order valence-electron chi connectivity index (χ0n) is 15.1. The van der Waals surface area contributed by atoms with Crippen LogP contribution >= 0.6 is 0 Å². The Morgan fingerprint density at radius 1 is 1.08 bits per heavy atom. The molecule has 1 saturated heterocycles. The van der Waals surface area contributed by atoms with Gasteiger partial charge in [-0.1, -0.05) is 6.92 Å². The lowest BCUT2D eigenvalue weighted by molar-refractivity contribution is 0.101. The summed E-state index contributed by atoms with van der Waals surface area (Å²) in [5, 5.41) is 0. The number of nitrogens with zero attached hydrogens (tertiary/aromatic N) is 4. The van der Waals surface area contributed by atoms with Crippen LogP contribution in [0.15, 0.2) is 24.3 Å². The van der Waals surface area contributed by atoms with Gasteiger partial charge in [-0.2, -0.15) is 4.98 Å². The molecule has 2 aromatic rings. The van der Waals surface area contributed by atoms with Crippen molar-refractivity contribution in [2.75, 3.05) is 41.7 Å². The topological polar surface area (TPSA) is 75.3 Å². The summed E-state index contributed by atoms with van der Waals surface area (Å²) >= 11 is 0. The minimum atomic E-state index is 0.0972. The van der Waals surface area contributed by atoms with Crippen LogP contribution in [0, 0.1) is 6.92 Å². The number of piperazine rings is 1. The summed E-state index contributed by atoms with van der Waals surface area (Å²) in [4.78, 5) is 24.8. The molecule has 6 nitrogen and oxygen atoms in total. The number of aryl methyl sites for hydroxylation is 1. The summed E-state index contributed by atoms with van der Waals surface area (Å²) in [7, 11) is 0. The molecule has 1 aromatic heterocycles. The first-order chi connectivity index (χ1) is 12.0. The summed E-state index contributed by atoms with van der Waals surface area (Å²) in [5.74, 6) is 1.40. The number of carbonyl (C=O) groups is 1. The standard InChI is InChI=1S/C19H25N5O/c1-4-17-13(2)18(22-19(20)21-17)24-11-9-23(10-12-24)16-7-5-15(6-8-16)14(3)25/h5-8H,4,9-12H2,1-3H3,(H2,20,21,22). The molecular weight excluding hydrogens is 314 g/mol. The first-order valence-corrected chi connectivity index (χ1v) is 8.73. The number of hydrogen-bond acceptors (Lipinski definition) is 6. The van der Waals surface area contributed by atoms with Gasteiger partial charge in [0, 0.05) is 43.0 Å². The highest BCUT2D eigenvalue weighted by Gasteiger charge is 2.21. The van der Waals surface area contributed by atoms with Gasteiger partial charge >= 0.3 is 0 Å². The smallest absolute Gasteiger partial charge is 0.222 e. The third kappa shape index (κ3) is 3.57. The lowest BCUT2D eigenvalue weighted by Gasteiger charge is -2.37. The molecular formula is C19H25N5O. The molecule has 0 spiro atoms. The molecule has 6 heteroatoms. The fourth-order valence-electron chi connectivity index (χ4n) is 3.30. The summed E-state index contributed by atoms with van der Waals surface area (Å²) in [6, 6.07) is 7.84. The molecule has 2 N–H and O–H groups in total. The first-order valence-electron chi connectivity index (χ1n) is 8.73. The Morgan fingerprint density at radius 3 is 2.24 bits per heavy atom. The van der Waals surface area contributed by atoms with Gasteiger partial charge in [-0.25, -0.2) is 4.98 Å². The van der Waals surface area contributed by atoms with Crippen molar-refractivity contribution in [3.05, 3.63) is 41.1 Å². The van der Waals surface area contributed by atoms with Crippen molar-refractivity contribution in [3.8, 4) is 0 Å². The maximum Gasteiger partial charge on any atom is 0.222 e. The number of benzene rings is 1. The number of hydrogen-bond donors (Lipinski definition) is 1. The Labute approximate surface area is 148 Å². The first kappa shape index (κ1) is 17.2. The van der Waals surface area contributed by atoms with E-state index in [1.165, 1.54) is 0 Å². The van der Waals surface area contributed by atoms with E-state index in [0.717, 1.165) is 60.9 Å². The lowest BCUT2D eigenvalue weighted by atomic mass is 10.1. The normalized spacial score (nSPS) is 14.7. The van der Waals surface area contributed by atoms with E-state index in [1.54, 1.807) is 6.92 Å². The van der Waals surface area contributed by atoms with Crippen LogP contribution in [0.1, 0.15) is 35.5 Å². The molecule has 3 rings (SSSR count). The van der Waals surface area contributed by atoms with Crippen molar-refractivity contribution >= 4 is 23.2 Å². The third-order valence-electron chi connectivity index (χ3n) is 4.79. The maximum atomic E-state index is 11.4. The van der Waals surface area contributed by atoms with Gasteiger partial charge in [0.05, 0.1) is 5.69 Å². The molecule has 25 heavy (non-hydrogen) atoms. The number of ketones is 1. The number of nitrogens with two attached hydrogens (primary N) is 1. The van der Waals surface area contributed by atoms with Crippen LogP contribution < -0.4 is 15.5 Å². The molecule has 0 saturated carbocycles. The number of anilines is 3. The summed E-state index contributed by atoms with van der Waals surface area (Å²) in [6.45, 7) is 9.33. The number of nitrogen functional groups attached to an aromatic ring is 1. The predicted molar refractivity (Wildman–Crippen MR) is 101 cm³/mol. The van der Waals surface area contributed by atoms with Crippen molar-refractivity contribution < 1.29 is 4.79 Å². The molecule has 0 atom stereocenters. The highest BCUT2D eigenvalue weighted by atomic mass is 16.1. The van der Waals surface area contributed by atoms with E-state index in [2.05, 4.69) is 33.6 Å². The van der Waals surface area contributed by atoms with Gasteiger partial charge in [-0.05, 0) is 44.5 Å². The number of carbonyl (C=O) groups excluding carboxylic acids is 1. The molecule has 0 amide bonds. The van der Waals surface area contributed by atoms with Crippen LogP contribution in [0.3, 0.4) is 0 Å². The largest absolute Gasteiger partial charge is 0.368 e. The van der Waals surface area contributed by atoms with E-state index in [0.29, 0.717) is 5.95 Å². The summed E-state index contributed by atoms with van der Waals surface area (Å²) < 4.78 is 0. The number of rotatable bonds is 4.